The monoisotopic (exact) mass is 359 g/mol. The molecular weight excluding hydrogens is 342 g/mol. The average Bonchev–Trinajstić information content (AvgIpc) is 3.17. The fraction of sp³-hybridized carbons (Fsp3) is 0.444. The van der Waals surface area contributed by atoms with E-state index in [1.807, 2.05) is 24.3 Å². The molecule has 4 rings (SSSR count). The van der Waals surface area contributed by atoms with Crippen LogP contribution < -0.4 is 4.74 Å². The van der Waals surface area contributed by atoms with Crippen molar-refractivity contribution >= 4 is 23.3 Å². The van der Waals surface area contributed by atoms with Crippen LogP contribution in [-0.2, 0) is 0 Å². The van der Waals surface area contributed by atoms with Crippen LogP contribution in [-0.4, -0.2) is 39.9 Å². The lowest BCUT2D eigenvalue weighted by atomic mass is 9.89. The third-order valence-electron chi connectivity index (χ3n) is 4.76. The maximum absolute atomic E-state index is 5.87. The lowest BCUT2D eigenvalue weighted by Gasteiger charge is -2.21. The second kappa shape index (κ2) is 7.10. The van der Waals surface area contributed by atoms with Crippen molar-refractivity contribution in [2.24, 2.45) is 5.92 Å². The molecule has 24 heavy (non-hydrogen) atoms. The van der Waals surface area contributed by atoms with Gasteiger partial charge in [-0.25, -0.2) is 0 Å². The van der Waals surface area contributed by atoms with Crippen molar-refractivity contribution in [2.45, 2.75) is 18.8 Å². The highest BCUT2D eigenvalue weighted by atomic mass is 35.5. The van der Waals surface area contributed by atoms with Crippen LogP contribution in [0.3, 0.4) is 0 Å². The highest BCUT2D eigenvalue weighted by Gasteiger charge is 2.39. The molecule has 2 aliphatic rings. The quantitative estimate of drug-likeness (QED) is 0.787. The summed E-state index contributed by atoms with van der Waals surface area (Å²) in [5, 5.41) is 0.715. The van der Waals surface area contributed by atoms with Crippen LogP contribution in [0, 0.1) is 17.8 Å². The molecule has 3 heterocycles. The second-order valence-electron chi connectivity index (χ2n) is 6.32. The third-order valence-corrected chi connectivity index (χ3v) is 5.53. The van der Waals surface area contributed by atoms with Gasteiger partial charge in [0.25, 0.3) is 0 Å². The molecule has 2 bridgehead atoms. The molecule has 2 aliphatic heterocycles. The van der Waals surface area contributed by atoms with E-state index >= 15 is 0 Å². The fourth-order valence-electron chi connectivity index (χ4n) is 3.61. The summed E-state index contributed by atoms with van der Waals surface area (Å²) < 4.78 is 14.7. The van der Waals surface area contributed by atoms with Gasteiger partial charge in [-0.1, -0.05) is 23.4 Å². The van der Waals surface area contributed by atoms with E-state index in [2.05, 4.69) is 25.5 Å². The smallest absolute Gasteiger partial charge is 0.250 e. The Morgan fingerprint density at radius 3 is 2.96 bits per heavy atom. The van der Waals surface area contributed by atoms with E-state index in [0.29, 0.717) is 29.3 Å². The Morgan fingerprint density at radius 1 is 1.25 bits per heavy atom. The van der Waals surface area contributed by atoms with Crippen molar-refractivity contribution in [1.29, 1.82) is 0 Å². The van der Waals surface area contributed by atoms with E-state index in [-0.39, 0.29) is 0 Å². The summed E-state index contributed by atoms with van der Waals surface area (Å²) in [5.41, 5.74) is 1.96. The van der Waals surface area contributed by atoms with Gasteiger partial charge in [0.05, 0.1) is 11.7 Å². The number of aromatic nitrogens is 2. The Bertz CT molecular complexity index is 765. The molecule has 2 fully saturated rings. The molecule has 3 unspecified atom stereocenters. The lowest BCUT2D eigenvalue weighted by molar-refractivity contribution is 0.269. The topological polar surface area (TPSA) is 38.3 Å². The van der Waals surface area contributed by atoms with Gasteiger partial charge in [-0.3, -0.25) is 0 Å². The summed E-state index contributed by atoms with van der Waals surface area (Å²) in [6.07, 6.45) is 2.58. The standard InChI is InChI=1S/C18H18ClN3OS/c19-15-7-5-13(6-8-15)3-2-10-23-18-17(20-24-21-18)16-12-22-9-1-4-14(16)11-22/h5-8,14,16H,1,4,9-12H2. The van der Waals surface area contributed by atoms with E-state index in [0.717, 1.165) is 17.8 Å². The van der Waals surface area contributed by atoms with Crippen LogP contribution >= 0.6 is 23.3 Å². The van der Waals surface area contributed by atoms with Gasteiger partial charge >= 0.3 is 0 Å². The van der Waals surface area contributed by atoms with Crippen LogP contribution in [0.5, 0.6) is 5.88 Å². The number of halogens is 1. The molecule has 4 nitrogen and oxygen atoms in total. The van der Waals surface area contributed by atoms with E-state index in [9.17, 15) is 0 Å². The Kier molecular flexibility index (Phi) is 4.70. The summed E-state index contributed by atoms with van der Waals surface area (Å²) in [7, 11) is 0. The maximum atomic E-state index is 5.87. The predicted molar refractivity (Wildman–Crippen MR) is 95.6 cm³/mol. The van der Waals surface area contributed by atoms with Crippen molar-refractivity contribution in [3.05, 3.63) is 40.5 Å². The van der Waals surface area contributed by atoms with Crippen LogP contribution in [0.25, 0.3) is 0 Å². The first kappa shape index (κ1) is 15.9. The van der Waals surface area contributed by atoms with Crippen molar-refractivity contribution < 1.29 is 4.74 Å². The highest BCUT2D eigenvalue weighted by Crippen LogP contribution is 2.40. The number of fused-ring (bicyclic) bond motifs is 2. The molecule has 1 aromatic heterocycles. The van der Waals surface area contributed by atoms with E-state index in [4.69, 9.17) is 16.3 Å². The zero-order chi connectivity index (χ0) is 16.4. The average molecular weight is 360 g/mol. The molecule has 3 atom stereocenters. The van der Waals surface area contributed by atoms with Crippen LogP contribution in [0.1, 0.15) is 30.0 Å². The van der Waals surface area contributed by atoms with Crippen LogP contribution in [0.2, 0.25) is 5.02 Å². The SMILES string of the molecule is Clc1ccc(C#CCOc2nsnc2C2CN3CCCC2C3)cc1. The Balaban J connectivity index is 1.40. The normalized spacial score (nSPS) is 25.1. The van der Waals surface area contributed by atoms with Crippen molar-refractivity contribution in [3.8, 4) is 17.7 Å². The molecule has 0 aliphatic carbocycles. The third kappa shape index (κ3) is 3.41. The number of hydrogen-bond donors (Lipinski definition) is 0. The molecule has 2 aromatic rings. The minimum absolute atomic E-state index is 0.322. The highest BCUT2D eigenvalue weighted by molar-refractivity contribution is 6.99. The number of rotatable bonds is 3. The van der Waals surface area contributed by atoms with E-state index in [1.54, 1.807) is 0 Å². The molecule has 0 radical (unpaired) electrons. The Hall–Kier alpha value is -1.61. The second-order valence-corrected chi connectivity index (χ2v) is 7.29. The van der Waals surface area contributed by atoms with Gasteiger partial charge in [0.15, 0.2) is 6.61 Å². The fourth-order valence-corrected chi connectivity index (χ4v) is 4.30. The van der Waals surface area contributed by atoms with Gasteiger partial charge < -0.3 is 9.64 Å². The zero-order valence-electron chi connectivity index (χ0n) is 13.2. The molecule has 0 saturated carbocycles. The molecule has 0 spiro atoms. The minimum atomic E-state index is 0.322. The first-order chi connectivity index (χ1) is 11.8. The molecule has 6 heteroatoms. The summed E-state index contributed by atoms with van der Waals surface area (Å²) >= 11 is 7.11. The van der Waals surface area contributed by atoms with E-state index < -0.39 is 0 Å². The summed E-state index contributed by atoms with van der Waals surface area (Å²) in [4.78, 5) is 2.53. The Morgan fingerprint density at radius 2 is 2.12 bits per heavy atom. The van der Waals surface area contributed by atoms with Gasteiger partial charge in [0, 0.05) is 29.6 Å². The van der Waals surface area contributed by atoms with Crippen molar-refractivity contribution in [2.75, 3.05) is 26.2 Å². The van der Waals surface area contributed by atoms with Gasteiger partial charge in [-0.05, 0) is 49.6 Å². The molecule has 124 valence electrons. The van der Waals surface area contributed by atoms with Gasteiger partial charge in [0.2, 0.25) is 5.88 Å². The van der Waals surface area contributed by atoms with Crippen molar-refractivity contribution in [3.63, 3.8) is 0 Å². The van der Waals surface area contributed by atoms with Gasteiger partial charge in [-0.15, -0.1) is 4.37 Å². The molecule has 1 aromatic carbocycles. The first-order valence-electron chi connectivity index (χ1n) is 8.21. The maximum Gasteiger partial charge on any atom is 0.250 e. The summed E-state index contributed by atoms with van der Waals surface area (Å²) in [6, 6.07) is 7.47. The molecular formula is C18H18ClN3OS. The van der Waals surface area contributed by atoms with Gasteiger partial charge in [-0.2, -0.15) is 4.37 Å². The number of ether oxygens (including phenoxy) is 1. The zero-order valence-corrected chi connectivity index (χ0v) is 14.8. The number of piperidine rings is 1. The number of hydrogen-bond acceptors (Lipinski definition) is 5. The predicted octanol–water partition coefficient (Wildman–Crippen LogP) is 3.43. The summed E-state index contributed by atoms with van der Waals surface area (Å²) in [6.45, 7) is 3.82. The minimum Gasteiger partial charge on any atom is -0.463 e. The lowest BCUT2D eigenvalue weighted by Crippen LogP contribution is -2.25. The van der Waals surface area contributed by atoms with Gasteiger partial charge in [0.1, 0.15) is 5.69 Å². The largest absolute Gasteiger partial charge is 0.463 e. The first-order valence-corrected chi connectivity index (χ1v) is 9.32. The number of nitrogens with zero attached hydrogens (tertiary/aromatic N) is 3. The van der Waals surface area contributed by atoms with Crippen LogP contribution in [0.4, 0.5) is 0 Å². The van der Waals surface area contributed by atoms with Crippen LogP contribution in [0.15, 0.2) is 24.3 Å². The summed E-state index contributed by atoms with van der Waals surface area (Å²) in [5.74, 6) is 7.94. The molecule has 0 amide bonds. The van der Waals surface area contributed by atoms with Crippen molar-refractivity contribution in [1.82, 2.24) is 13.6 Å². The number of benzene rings is 1. The molecule has 0 N–H and O–H groups in total. The molecule has 2 saturated heterocycles. The van der Waals surface area contributed by atoms with E-state index in [1.165, 1.54) is 37.7 Å². The Labute approximate surface area is 151 Å².